The molecular formula is C15H25ClN2O2S. The minimum absolute atomic E-state index is 0.321. The van der Waals surface area contributed by atoms with E-state index in [4.69, 9.17) is 11.6 Å². The lowest BCUT2D eigenvalue weighted by Crippen LogP contribution is -2.32. The van der Waals surface area contributed by atoms with E-state index in [0.717, 1.165) is 24.9 Å². The lowest BCUT2D eigenvalue weighted by molar-refractivity contribution is 0.410. The van der Waals surface area contributed by atoms with Crippen molar-refractivity contribution >= 4 is 21.6 Å². The van der Waals surface area contributed by atoms with Crippen molar-refractivity contribution in [3.63, 3.8) is 0 Å². The third-order valence-corrected chi connectivity index (χ3v) is 5.43. The summed E-state index contributed by atoms with van der Waals surface area (Å²) in [4.78, 5) is 0.321. The Kier molecular flexibility index (Phi) is 7.66. The predicted octanol–water partition coefficient (Wildman–Crippen LogP) is 3.26. The lowest BCUT2D eigenvalue weighted by atomic mass is 10.2. The summed E-state index contributed by atoms with van der Waals surface area (Å²) in [5, 5.41) is 3.76. The van der Waals surface area contributed by atoms with Gasteiger partial charge in [-0.05, 0) is 43.1 Å². The Hall–Kier alpha value is -0.620. The number of nitrogens with zero attached hydrogens (tertiary/aromatic N) is 1. The molecule has 1 rings (SSSR count). The van der Waals surface area contributed by atoms with Crippen LogP contribution in [0.15, 0.2) is 23.1 Å². The van der Waals surface area contributed by atoms with Crippen LogP contribution in [0.5, 0.6) is 0 Å². The minimum Gasteiger partial charge on any atom is -0.313 e. The summed E-state index contributed by atoms with van der Waals surface area (Å²) in [6.07, 6.45) is 1.61. The Bertz CT molecular complexity index is 541. The highest BCUT2D eigenvalue weighted by atomic mass is 35.5. The predicted molar refractivity (Wildman–Crippen MR) is 88.2 cm³/mol. The first-order chi connectivity index (χ1) is 9.97. The molecule has 0 aliphatic carbocycles. The van der Waals surface area contributed by atoms with Gasteiger partial charge in [0.25, 0.3) is 0 Å². The highest BCUT2D eigenvalue weighted by Gasteiger charge is 2.23. The largest absolute Gasteiger partial charge is 0.313 e. The molecule has 0 saturated carbocycles. The third kappa shape index (κ3) is 4.95. The smallest absolute Gasteiger partial charge is 0.243 e. The van der Waals surface area contributed by atoms with Crippen LogP contribution in [0.2, 0.25) is 5.02 Å². The fraction of sp³-hybridized carbons (Fsp3) is 0.600. The van der Waals surface area contributed by atoms with Crippen LogP contribution in [0, 0.1) is 0 Å². The Balaban J connectivity index is 3.11. The molecule has 0 aliphatic rings. The van der Waals surface area contributed by atoms with Gasteiger partial charge in [0, 0.05) is 24.7 Å². The Labute approximate surface area is 133 Å². The molecule has 0 aliphatic heterocycles. The van der Waals surface area contributed by atoms with Crippen molar-refractivity contribution in [3.8, 4) is 0 Å². The van der Waals surface area contributed by atoms with Crippen molar-refractivity contribution in [1.29, 1.82) is 0 Å². The van der Waals surface area contributed by atoms with E-state index < -0.39 is 10.0 Å². The standard InChI is InChI=1S/C15H25ClN2O2S/c1-4-9-18(10-5-2)21(19,20)14-7-8-15(16)13(11-14)12-17-6-3/h7-8,11,17H,4-6,9-10,12H2,1-3H3. The van der Waals surface area contributed by atoms with Gasteiger partial charge in [-0.25, -0.2) is 8.42 Å². The molecule has 0 unspecified atom stereocenters. The van der Waals surface area contributed by atoms with Crippen molar-refractivity contribution in [2.45, 2.75) is 45.1 Å². The van der Waals surface area contributed by atoms with E-state index in [2.05, 4.69) is 5.32 Å². The van der Waals surface area contributed by atoms with Crippen molar-refractivity contribution in [3.05, 3.63) is 28.8 Å². The molecule has 120 valence electrons. The first-order valence-corrected chi connectivity index (χ1v) is 9.28. The molecule has 6 heteroatoms. The number of halogens is 1. The quantitative estimate of drug-likeness (QED) is 0.755. The molecule has 21 heavy (non-hydrogen) atoms. The van der Waals surface area contributed by atoms with Crippen LogP contribution in [-0.2, 0) is 16.6 Å². The summed E-state index contributed by atoms with van der Waals surface area (Å²) >= 11 is 6.14. The molecule has 0 heterocycles. The van der Waals surface area contributed by atoms with Gasteiger partial charge in [-0.1, -0.05) is 32.4 Å². The summed E-state index contributed by atoms with van der Waals surface area (Å²) < 4.78 is 27.0. The van der Waals surface area contributed by atoms with Crippen molar-refractivity contribution in [2.24, 2.45) is 0 Å². The lowest BCUT2D eigenvalue weighted by Gasteiger charge is -2.21. The zero-order valence-corrected chi connectivity index (χ0v) is 14.6. The van der Waals surface area contributed by atoms with Gasteiger partial charge in [-0.2, -0.15) is 4.31 Å². The van der Waals surface area contributed by atoms with Crippen molar-refractivity contribution in [2.75, 3.05) is 19.6 Å². The average molecular weight is 333 g/mol. The molecule has 1 N–H and O–H groups in total. The van der Waals surface area contributed by atoms with Gasteiger partial charge in [-0.15, -0.1) is 0 Å². The van der Waals surface area contributed by atoms with E-state index in [1.807, 2.05) is 20.8 Å². The van der Waals surface area contributed by atoms with Crippen LogP contribution in [0.4, 0.5) is 0 Å². The van der Waals surface area contributed by atoms with E-state index in [1.165, 1.54) is 0 Å². The SMILES string of the molecule is CCCN(CCC)S(=O)(=O)c1ccc(Cl)c(CNCC)c1. The normalized spacial score (nSPS) is 12.0. The number of rotatable bonds is 9. The Morgan fingerprint density at radius 3 is 2.29 bits per heavy atom. The molecular weight excluding hydrogens is 308 g/mol. The zero-order valence-electron chi connectivity index (χ0n) is 13.0. The van der Waals surface area contributed by atoms with Crippen LogP contribution in [0.1, 0.15) is 39.2 Å². The Morgan fingerprint density at radius 2 is 1.76 bits per heavy atom. The molecule has 0 spiro atoms. The Morgan fingerprint density at radius 1 is 1.14 bits per heavy atom. The van der Waals surface area contributed by atoms with E-state index in [0.29, 0.717) is 29.6 Å². The highest BCUT2D eigenvalue weighted by molar-refractivity contribution is 7.89. The molecule has 0 amide bonds. The second kappa shape index (κ2) is 8.73. The van der Waals surface area contributed by atoms with Gasteiger partial charge >= 0.3 is 0 Å². The van der Waals surface area contributed by atoms with Gasteiger partial charge < -0.3 is 5.32 Å². The molecule has 1 aromatic carbocycles. The average Bonchev–Trinajstić information content (AvgIpc) is 2.46. The molecule has 1 aromatic rings. The number of sulfonamides is 1. The summed E-state index contributed by atoms with van der Waals surface area (Å²) in [7, 11) is -3.44. The monoisotopic (exact) mass is 332 g/mol. The van der Waals surface area contributed by atoms with Gasteiger partial charge in [0.15, 0.2) is 0 Å². The second-order valence-electron chi connectivity index (χ2n) is 4.94. The molecule has 0 radical (unpaired) electrons. The summed E-state index contributed by atoms with van der Waals surface area (Å²) in [5.74, 6) is 0. The number of hydrogen-bond donors (Lipinski definition) is 1. The van der Waals surface area contributed by atoms with E-state index in [1.54, 1.807) is 22.5 Å². The van der Waals surface area contributed by atoms with Crippen LogP contribution in [0.3, 0.4) is 0 Å². The first-order valence-electron chi connectivity index (χ1n) is 7.46. The van der Waals surface area contributed by atoms with E-state index in [-0.39, 0.29) is 0 Å². The van der Waals surface area contributed by atoms with Crippen LogP contribution < -0.4 is 5.32 Å². The maximum absolute atomic E-state index is 12.7. The molecule has 0 saturated heterocycles. The highest BCUT2D eigenvalue weighted by Crippen LogP contribution is 2.23. The second-order valence-corrected chi connectivity index (χ2v) is 7.28. The first kappa shape index (κ1) is 18.4. The fourth-order valence-electron chi connectivity index (χ4n) is 2.11. The van der Waals surface area contributed by atoms with Gasteiger partial charge in [-0.3, -0.25) is 0 Å². The van der Waals surface area contributed by atoms with Crippen molar-refractivity contribution < 1.29 is 8.42 Å². The van der Waals surface area contributed by atoms with E-state index >= 15 is 0 Å². The maximum Gasteiger partial charge on any atom is 0.243 e. The molecule has 0 fully saturated rings. The van der Waals surface area contributed by atoms with Gasteiger partial charge in [0.1, 0.15) is 0 Å². The molecule has 4 nitrogen and oxygen atoms in total. The topological polar surface area (TPSA) is 49.4 Å². The minimum atomic E-state index is -3.44. The van der Waals surface area contributed by atoms with Crippen molar-refractivity contribution in [1.82, 2.24) is 9.62 Å². The number of nitrogens with one attached hydrogen (secondary N) is 1. The number of benzene rings is 1. The maximum atomic E-state index is 12.7. The van der Waals surface area contributed by atoms with Gasteiger partial charge in [0.05, 0.1) is 4.90 Å². The van der Waals surface area contributed by atoms with Gasteiger partial charge in [0.2, 0.25) is 10.0 Å². The van der Waals surface area contributed by atoms with Crippen LogP contribution in [-0.4, -0.2) is 32.4 Å². The van der Waals surface area contributed by atoms with E-state index in [9.17, 15) is 8.42 Å². The summed E-state index contributed by atoms with van der Waals surface area (Å²) in [5.41, 5.74) is 0.813. The molecule has 0 aromatic heterocycles. The molecule has 0 atom stereocenters. The van der Waals surface area contributed by atoms with Crippen LogP contribution in [0.25, 0.3) is 0 Å². The summed E-state index contributed by atoms with van der Waals surface area (Å²) in [6.45, 7) is 8.43. The summed E-state index contributed by atoms with van der Waals surface area (Å²) in [6, 6.07) is 4.93. The molecule has 0 bridgehead atoms. The van der Waals surface area contributed by atoms with Crippen LogP contribution >= 0.6 is 11.6 Å². The zero-order chi connectivity index (χ0) is 15.9. The third-order valence-electron chi connectivity index (χ3n) is 3.17. The fourth-order valence-corrected chi connectivity index (χ4v) is 3.97. The number of hydrogen-bond acceptors (Lipinski definition) is 3.